The molecule has 4 nitrogen and oxygen atoms in total. The van der Waals surface area contributed by atoms with Crippen LogP contribution in [0.3, 0.4) is 0 Å². The molecule has 0 spiro atoms. The Morgan fingerprint density at radius 2 is 1.74 bits per heavy atom. The van der Waals surface area contributed by atoms with Crippen LogP contribution < -0.4 is 5.46 Å². The molecule has 0 saturated heterocycles. The molecule has 5 aromatic rings. The molecule has 0 atom stereocenters. The zero-order chi connectivity index (χ0) is 21.8. The van der Waals surface area contributed by atoms with Crippen molar-refractivity contribution in [3.8, 4) is 10.6 Å². The minimum absolute atomic E-state index is 0.746. The lowest BCUT2D eigenvalue weighted by Crippen LogP contribution is -2.49. The van der Waals surface area contributed by atoms with Crippen LogP contribution in [-0.2, 0) is 4.65 Å². The maximum atomic E-state index is 10.4. The van der Waals surface area contributed by atoms with Crippen molar-refractivity contribution in [3.05, 3.63) is 60.7 Å². The second-order valence-electron chi connectivity index (χ2n) is 8.83. The van der Waals surface area contributed by atoms with Gasteiger partial charge in [-0.15, -0.1) is 11.3 Å². The maximum Gasteiger partial charge on any atom is 0.331 e. The lowest BCUT2D eigenvalue weighted by molar-refractivity contribution is -0.0893. The van der Waals surface area contributed by atoms with Gasteiger partial charge in [-0.1, -0.05) is 42.5 Å². The Kier molecular flexibility index (Phi) is 4.70. The number of aromatic nitrogens is 1. The number of furan rings is 1. The third kappa shape index (κ3) is 3.55. The van der Waals surface area contributed by atoms with Gasteiger partial charge < -0.3 is 14.2 Å². The molecule has 0 aliphatic heterocycles. The van der Waals surface area contributed by atoms with Crippen LogP contribution in [0.15, 0.2) is 65.1 Å². The van der Waals surface area contributed by atoms with Crippen molar-refractivity contribution in [1.82, 2.24) is 4.98 Å². The first-order valence-corrected chi connectivity index (χ1v) is 11.1. The first-order valence-electron chi connectivity index (χ1n) is 10.3. The molecule has 0 aliphatic rings. The van der Waals surface area contributed by atoms with E-state index in [-0.39, 0.29) is 0 Å². The van der Waals surface area contributed by atoms with Crippen molar-refractivity contribution < 1.29 is 14.2 Å². The van der Waals surface area contributed by atoms with Gasteiger partial charge in [-0.05, 0) is 45.3 Å². The molecule has 2 heterocycles. The van der Waals surface area contributed by atoms with E-state index in [9.17, 15) is 5.11 Å². The monoisotopic (exact) mass is 428 g/mol. The normalized spacial score (nSPS) is 12.8. The van der Waals surface area contributed by atoms with E-state index in [1.807, 2.05) is 56.3 Å². The van der Waals surface area contributed by atoms with Gasteiger partial charge in [-0.2, -0.15) is 0 Å². The summed E-state index contributed by atoms with van der Waals surface area (Å²) in [6.07, 6.45) is 0. The highest BCUT2D eigenvalue weighted by atomic mass is 32.1. The van der Waals surface area contributed by atoms with E-state index in [1.165, 1.54) is 0 Å². The Balaban J connectivity index is 1.60. The van der Waals surface area contributed by atoms with Gasteiger partial charge in [-0.25, -0.2) is 4.98 Å². The molecule has 31 heavy (non-hydrogen) atoms. The molecule has 1 N–H and O–H groups in total. The van der Waals surface area contributed by atoms with Crippen molar-refractivity contribution in [2.75, 3.05) is 0 Å². The molecule has 0 bridgehead atoms. The Morgan fingerprint density at radius 1 is 0.968 bits per heavy atom. The average Bonchev–Trinajstić information content (AvgIpc) is 3.31. The molecule has 6 heteroatoms. The molecule has 155 valence electrons. The molecule has 0 fully saturated rings. The van der Waals surface area contributed by atoms with Gasteiger partial charge in [-0.3, -0.25) is 0 Å². The van der Waals surface area contributed by atoms with Crippen molar-refractivity contribution in [2.24, 2.45) is 0 Å². The van der Waals surface area contributed by atoms with Crippen LogP contribution in [0.2, 0.25) is 0 Å². The van der Waals surface area contributed by atoms with E-state index in [1.54, 1.807) is 32.7 Å². The van der Waals surface area contributed by atoms with Crippen LogP contribution in [0.1, 0.15) is 27.7 Å². The van der Waals surface area contributed by atoms with Crippen LogP contribution in [-0.4, -0.2) is 28.8 Å². The van der Waals surface area contributed by atoms with E-state index >= 15 is 0 Å². The minimum Gasteiger partial charge on any atom is -0.456 e. The second kappa shape index (κ2) is 7.19. The summed E-state index contributed by atoms with van der Waals surface area (Å²) in [5, 5.41) is 13.4. The quantitative estimate of drug-likeness (QED) is 0.367. The summed E-state index contributed by atoms with van der Waals surface area (Å²) in [4.78, 5) is 4.82. The summed E-state index contributed by atoms with van der Waals surface area (Å²) in [6.45, 7) is 7.26. The highest BCUT2D eigenvalue weighted by Gasteiger charge is 2.36. The number of rotatable bonds is 5. The molecular formula is C25H23BNO3S. The zero-order valence-electron chi connectivity index (χ0n) is 18.0. The third-order valence-electron chi connectivity index (χ3n) is 6.01. The van der Waals surface area contributed by atoms with Gasteiger partial charge in [0.25, 0.3) is 0 Å². The van der Waals surface area contributed by atoms with E-state index in [2.05, 4.69) is 18.2 Å². The predicted octanol–water partition coefficient (Wildman–Crippen LogP) is 5.67. The highest BCUT2D eigenvalue weighted by molar-refractivity contribution is 7.21. The fraction of sp³-hybridized carbons (Fsp3) is 0.240. The topological polar surface area (TPSA) is 55.5 Å². The fourth-order valence-electron chi connectivity index (χ4n) is 3.43. The van der Waals surface area contributed by atoms with Gasteiger partial charge in [0.15, 0.2) is 0 Å². The summed E-state index contributed by atoms with van der Waals surface area (Å²) in [7, 11) is 1.72. The molecule has 1 radical (unpaired) electrons. The molecule has 0 amide bonds. The van der Waals surface area contributed by atoms with Crippen LogP contribution in [0, 0.1) is 0 Å². The summed E-state index contributed by atoms with van der Waals surface area (Å²) in [6, 6.07) is 20.3. The van der Waals surface area contributed by atoms with Crippen LogP contribution in [0.25, 0.3) is 42.7 Å². The fourth-order valence-corrected chi connectivity index (χ4v) is 4.42. The van der Waals surface area contributed by atoms with E-state index in [0.29, 0.717) is 0 Å². The molecule has 5 rings (SSSR count). The lowest BCUT2D eigenvalue weighted by Gasteiger charge is -2.37. The van der Waals surface area contributed by atoms with Crippen LogP contribution in [0.5, 0.6) is 0 Å². The summed E-state index contributed by atoms with van der Waals surface area (Å²) in [5.74, 6) is 0. The first-order chi connectivity index (χ1) is 14.7. The van der Waals surface area contributed by atoms with E-state index in [4.69, 9.17) is 14.1 Å². The van der Waals surface area contributed by atoms with Crippen molar-refractivity contribution in [3.63, 3.8) is 0 Å². The third-order valence-corrected chi connectivity index (χ3v) is 7.08. The number of hydrogen-bond acceptors (Lipinski definition) is 5. The second-order valence-corrected chi connectivity index (χ2v) is 9.86. The standard InChI is InChI=1S/C25H23BNO3S/c1-24(2,28)25(3,4)30-26-17-11-8-12-19-22(17)16-13-21-18(14-20(16)29-19)27-23(31-21)15-9-6-5-7-10-15/h5-14,28H,1-4H3. The zero-order valence-corrected chi connectivity index (χ0v) is 18.8. The molecule has 3 aromatic carbocycles. The molecule has 0 saturated carbocycles. The van der Waals surface area contributed by atoms with Gasteiger partial charge >= 0.3 is 7.48 Å². The van der Waals surface area contributed by atoms with Crippen molar-refractivity contribution >= 4 is 56.4 Å². The number of thiazole rings is 1. The van der Waals surface area contributed by atoms with Crippen molar-refractivity contribution in [2.45, 2.75) is 38.9 Å². The average molecular weight is 428 g/mol. The van der Waals surface area contributed by atoms with Gasteiger partial charge in [0.05, 0.1) is 21.4 Å². The molecule has 2 aromatic heterocycles. The number of nitrogens with zero attached hydrogens (tertiary/aromatic N) is 1. The van der Waals surface area contributed by atoms with Gasteiger partial charge in [0.1, 0.15) is 16.2 Å². The highest BCUT2D eigenvalue weighted by Crippen LogP contribution is 2.36. The lowest BCUT2D eigenvalue weighted by atomic mass is 9.80. The number of fused-ring (bicyclic) bond motifs is 4. The SMILES string of the molecule is CC(C)(O)C(C)(C)O[B]c1cccc2oc3cc4nc(-c5ccccc5)sc4cc3c12. The van der Waals surface area contributed by atoms with Crippen LogP contribution in [0.4, 0.5) is 0 Å². The van der Waals surface area contributed by atoms with Crippen LogP contribution >= 0.6 is 11.3 Å². The largest absolute Gasteiger partial charge is 0.456 e. The number of benzene rings is 3. The Labute approximate surface area is 185 Å². The first kappa shape index (κ1) is 20.2. The Hall–Kier alpha value is -2.67. The predicted molar refractivity (Wildman–Crippen MR) is 129 cm³/mol. The van der Waals surface area contributed by atoms with E-state index in [0.717, 1.165) is 48.2 Å². The minimum atomic E-state index is -0.988. The number of hydrogen-bond donors (Lipinski definition) is 1. The number of aliphatic hydroxyl groups is 1. The Morgan fingerprint density at radius 3 is 2.48 bits per heavy atom. The summed E-state index contributed by atoms with van der Waals surface area (Å²) < 4.78 is 13.3. The summed E-state index contributed by atoms with van der Waals surface area (Å²) >= 11 is 1.68. The Bertz CT molecular complexity index is 1400. The van der Waals surface area contributed by atoms with E-state index < -0.39 is 11.2 Å². The molecule has 0 unspecified atom stereocenters. The molecular weight excluding hydrogens is 405 g/mol. The van der Waals surface area contributed by atoms with Gasteiger partial charge in [0, 0.05) is 22.4 Å². The maximum absolute atomic E-state index is 10.4. The smallest absolute Gasteiger partial charge is 0.331 e. The summed E-state index contributed by atoms with van der Waals surface area (Å²) in [5.41, 5.74) is 2.83. The van der Waals surface area contributed by atoms with Gasteiger partial charge in [0.2, 0.25) is 0 Å². The molecule has 0 aliphatic carbocycles. The van der Waals surface area contributed by atoms with Crippen molar-refractivity contribution in [1.29, 1.82) is 0 Å².